The van der Waals surface area contributed by atoms with Gasteiger partial charge in [-0.25, -0.2) is 0 Å². The fourth-order valence-electron chi connectivity index (χ4n) is 3.26. The summed E-state index contributed by atoms with van der Waals surface area (Å²) < 4.78 is 6.15. The van der Waals surface area contributed by atoms with Crippen molar-refractivity contribution in [1.82, 2.24) is 0 Å². The highest BCUT2D eigenvalue weighted by molar-refractivity contribution is 9.10. The second kappa shape index (κ2) is 7.79. The number of benzene rings is 2. The minimum absolute atomic E-state index is 0.184. The van der Waals surface area contributed by atoms with E-state index >= 15 is 0 Å². The number of halogens is 1. The quantitative estimate of drug-likeness (QED) is 0.550. The van der Waals surface area contributed by atoms with Gasteiger partial charge in [0.2, 0.25) is 0 Å². The minimum atomic E-state index is -0.776. The average Bonchev–Trinajstić information content (AvgIpc) is 2.62. The zero-order valence-electron chi connectivity index (χ0n) is 13.9. The molecule has 2 atom stereocenters. The van der Waals surface area contributed by atoms with Crippen LogP contribution in [0.15, 0.2) is 65.1 Å². The van der Waals surface area contributed by atoms with E-state index in [0.717, 1.165) is 21.2 Å². The number of hydrogen-bond acceptors (Lipinski definition) is 3. The summed E-state index contributed by atoms with van der Waals surface area (Å²) in [5, 5.41) is 0. The molecule has 0 radical (unpaired) electrons. The topological polar surface area (TPSA) is 43.4 Å². The zero-order valence-corrected chi connectivity index (χ0v) is 15.5. The number of hydrogen-bond donors (Lipinski definition) is 0. The zero-order chi connectivity index (χ0) is 17.8. The predicted molar refractivity (Wildman–Crippen MR) is 101 cm³/mol. The van der Waals surface area contributed by atoms with Gasteiger partial charge < -0.3 is 4.74 Å². The molecule has 25 heavy (non-hydrogen) atoms. The standard InChI is InChI=1S/C21H19BrO3/c1-2-25-21(24)20-18(15-6-4-3-5-7-15)12-16(13-19(20)23)14-8-10-17(22)11-9-14/h3-11,13,18,20H,2,12H2,1H3/t18-,20-/m1/s1. The van der Waals surface area contributed by atoms with Gasteiger partial charge in [0.1, 0.15) is 5.92 Å². The number of ether oxygens (including phenoxy) is 1. The minimum Gasteiger partial charge on any atom is -0.465 e. The molecule has 0 aliphatic heterocycles. The molecule has 2 aromatic carbocycles. The smallest absolute Gasteiger partial charge is 0.317 e. The molecule has 0 saturated heterocycles. The van der Waals surface area contributed by atoms with Crippen molar-refractivity contribution < 1.29 is 14.3 Å². The summed E-state index contributed by atoms with van der Waals surface area (Å²) in [5.74, 6) is -1.61. The van der Waals surface area contributed by atoms with Gasteiger partial charge in [-0.05, 0) is 48.3 Å². The molecular formula is C21H19BrO3. The Balaban J connectivity index is 2.00. The monoisotopic (exact) mass is 398 g/mol. The third kappa shape index (κ3) is 3.90. The summed E-state index contributed by atoms with van der Waals surface area (Å²) in [7, 11) is 0. The van der Waals surface area contributed by atoms with E-state index < -0.39 is 11.9 Å². The van der Waals surface area contributed by atoms with Crippen molar-refractivity contribution in [2.24, 2.45) is 5.92 Å². The Bertz CT molecular complexity index is 794. The number of rotatable bonds is 4. The maximum atomic E-state index is 12.8. The van der Waals surface area contributed by atoms with Crippen molar-refractivity contribution >= 4 is 33.3 Å². The first kappa shape index (κ1) is 17.6. The molecule has 0 heterocycles. The van der Waals surface area contributed by atoms with E-state index in [-0.39, 0.29) is 18.3 Å². The maximum absolute atomic E-state index is 12.8. The first-order valence-corrected chi connectivity index (χ1v) is 9.11. The molecule has 2 aromatic rings. The van der Waals surface area contributed by atoms with Gasteiger partial charge in [-0.3, -0.25) is 9.59 Å². The van der Waals surface area contributed by atoms with Gasteiger partial charge in [0.05, 0.1) is 6.61 Å². The third-order valence-corrected chi connectivity index (χ3v) is 4.98. The van der Waals surface area contributed by atoms with Crippen LogP contribution < -0.4 is 0 Å². The van der Waals surface area contributed by atoms with Crippen LogP contribution >= 0.6 is 15.9 Å². The predicted octanol–water partition coefficient (Wildman–Crippen LogP) is 4.77. The Morgan fingerprint density at radius 3 is 2.44 bits per heavy atom. The van der Waals surface area contributed by atoms with E-state index in [2.05, 4.69) is 15.9 Å². The van der Waals surface area contributed by atoms with Crippen LogP contribution in [0.1, 0.15) is 30.4 Å². The summed E-state index contributed by atoms with van der Waals surface area (Å²) in [6, 6.07) is 17.6. The fraction of sp³-hybridized carbons (Fsp3) is 0.238. The van der Waals surface area contributed by atoms with Gasteiger partial charge in [0.15, 0.2) is 5.78 Å². The molecule has 0 aromatic heterocycles. The van der Waals surface area contributed by atoms with E-state index in [0.29, 0.717) is 6.42 Å². The highest BCUT2D eigenvalue weighted by Crippen LogP contribution is 2.40. The molecule has 0 unspecified atom stereocenters. The number of ketones is 1. The van der Waals surface area contributed by atoms with Gasteiger partial charge in [0, 0.05) is 10.4 Å². The lowest BCUT2D eigenvalue weighted by Gasteiger charge is -2.29. The van der Waals surface area contributed by atoms with Gasteiger partial charge in [-0.1, -0.05) is 58.4 Å². The Kier molecular flexibility index (Phi) is 5.49. The lowest BCUT2D eigenvalue weighted by molar-refractivity contribution is -0.151. The van der Waals surface area contributed by atoms with Gasteiger partial charge in [-0.2, -0.15) is 0 Å². The van der Waals surface area contributed by atoms with E-state index in [1.54, 1.807) is 13.0 Å². The molecule has 0 bridgehead atoms. The van der Waals surface area contributed by atoms with E-state index in [9.17, 15) is 9.59 Å². The Hall–Kier alpha value is -2.20. The number of allylic oxidation sites excluding steroid dienone is 2. The first-order chi connectivity index (χ1) is 12.1. The molecule has 128 valence electrons. The number of esters is 1. The number of carbonyl (C=O) groups is 2. The highest BCUT2D eigenvalue weighted by Gasteiger charge is 2.39. The first-order valence-electron chi connectivity index (χ1n) is 8.32. The van der Waals surface area contributed by atoms with Crippen LogP contribution in [0.4, 0.5) is 0 Å². The van der Waals surface area contributed by atoms with E-state index in [4.69, 9.17) is 4.74 Å². The molecule has 3 nitrogen and oxygen atoms in total. The summed E-state index contributed by atoms with van der Waals surface area (Å²) in [6.45, 7) is 2.03. The van der Waals surface area contributed by atoms with Crippen LogP contribution in [-0.4, -0.2) is 18.4 Å². The van der Waals surface area contributed by atoms with Gasteiger partial charge in [0.25, 0.3) is 0 Å². The average molecular weight is 399 g/mol. The molecule has 4 heteroatoms. The Morgan fingerprint density at radius 1 is 1.12 bits per heavy atom. The largest absolute Gasteiger partial charge is 0.465 e. The summed E-state index contributed by atoms with van der Waals surface area (Å²) in [4.78, 5) is 25.2. The third-order valence-electron chi connectivity index (χ3n) is 4.45. The Morgan fingerprint density at radius 2 is 1.80 bits per heavy atom. The molecule has 1 aliphatic rings. The molecule has 0 N–H and O–H groups in total. The fourth-order valence-corrected chi connectivity index (χ4v) is 3.53. The van der Waals surface area contributed by atoms with Crippen LogP contribution in [0.25, 0.3) is 5.57 Å². The van der Waals surface area contributed by atoms with Crippen LogP contribution in [0, 0.1) is 5.92 Å². The summed E-state index contributed by atoms with van der Waals surface area (Å²) in [5.41, 5.74) is 2.93. The van der Waals surface area contributed by atoms with Crippen molar-refractivity contribution in [3.8, 4) is 0 Å². The van der Waals surface area contributed by atoms with Crippen molar-refractivity contribution in [1.29, 1.82) is 0 Å². The van der Waals surface area contributed by atoms with Crippen molar-refractivity contribution in [2.45, 2.75) is 19.3 Å². The molecule has 3 rings (SSSR count). The second-order valence-corrected chi connectivity index (χ2v) is 6.95. The van der Waals surface area contributed by atoms with Crippen LogP contribution in [0.5, 0.6) is 0 Å². The molecule has 0 amide bonds. The van der Waals surface area contributed by atoms with Crippen LogP contribution in [-0.2, 0) is 14.3 Å². The van der Waals surface area contributed by atoms with Gasteiger partial charge >= 0.3 is 5.97 Å². The molecule has 0 spiro atoms. The molecular weight excluding hydrogens is 380 g/mol. The SMILES string of the molecule is CCOC(=O)[C@H]1C(=O)C=C(c2ccc(Br)cc2)C[C@@H]1c1ccccc1. The molecule has 0 saturated carbocycles. The second-order valence-electron chi connectivity index (χ2n) is 6.03. The Labute approximate surface area is 155 Å². The normalized spacial score (nSPS) is 20.1. The van der Waals surface area contributed by atoms with Crippen molar-refractivity contribution in [3.63, 3.8) is 0 Å². The highest BCUT2D eigenvalue weighted by atomic mass is 79.9. The molecule has 0 fully saturated rings. The number of carbonyl (C=O) groups excluding carboxylic acids is 2. The lowest BCUT2D eigenvalue weighted by atomic mass is 9.73. The molecule has 1 aliphatic carbocycles. The maximum Gasteiger partial charge on any atom is 0.317 e. The lowest BCUT2D eigenvalue weighted by Crippen LogP contribution is -2.34. The van der Waals surface area contributed by atoms with Gasteiger partial charge in [-0.15, -0.1) is 0 Å². The summed E-state index contributed by atoms with van der Waals surface area (Å²) in [6.07, 6.45) is 2.23. The summed E-state index contributed by atoms with van der Waals surface area (Å²) >= 11 is 3.43. The van der Waals surface area contributed by atoms with Crippen LogP contribution in [0.3, 0.4) is 0 Å². The van der Waals surface area contributed by atoms with Crippen molar-refractivity contribution in [3.05, 3.63) is 76.3 Å². The van der Waals surface area contributed by atoms with E-state index in [1.807, 2.05) is 54.6 Å². The van der Waals surface area contributed by atoms with Crippen LogP contribution in [0.2, 0.25) is 0 Å². The van der Waals surface area contributed by atoms with E-state index in [1.165, 1.54) is 0 Å². The van der Waals surface area contributed by atoms with Crippen molar-refractivity contribution in [2.75, 3.05) is 6.61 Å².